The number of hydrogen-bond acceptors (Lipinski definition) is 5. The number of rotatable bonds is 4. The summed E-state index contributed by atoms with van der Waals surface area (Å²) >= 11 is 0. The number of nitrogens with zero attached hydrogens (tertiary/aromatic N) is 3. The third kappa shape index (κ3) is 2.25. The molecular formula is C11H17N5O. The third-order valence-corrected chi connectivity index (χ3v) is 2.63. The fourth-order valence-electron chi connectivity index (χ4n) is 1.64. The molecule has 0 fully saturated rings. The van der Waals surface area contributed by atoms with Crippen LogP contribution in [0.5, 0.6) is 0 Å². The summed E-state index contributed by atoms with van der Waals surface area (Å²) in [6, 6.07) is 0. The van der Waals surface area contributed by atoms with Crippen molar-refractivity contribution in [2.75, 3.05) is 11.1 Å². The van der Waals surface area contributed by atoms with Gasteiger partial charge in [0, 0.05) is 13.5 Å². The molecule has 0 aliphatic heterocycles. The molecule has 2 rings (SSSR count). The second-order valence-electron chi connectivity index (χ2n) is 3.90. The van der Waals surface area contributed by atoms with Gasteiger partial charge in [0.15, 0.2) is 0 Å². The van der Waals surface area contributed by atoms with Gasteiger partial charge in [-0.15, -0.1) is 0 Å². The average molecular weight is 235 g/mol. The maximum absolute atomic E-state index is 5.90. The smallest absolute Gasteiger partial charge is 0.213 e. The highest BCUT2D eigenvalue weighted by molar-refractivity contribution is 5.64. The van der Waals surface area contributed by atoms with Crippen LogP contribution in [-0.2, 0) is 20.0 Å². The number of hydrogen-bond donors (Lipinski definition) is 2. The molecular weight excluding hydrogens is 218 g/mol. The van der Waals surface area contributed by atoms with Crippen LogP contribution < -0.4 is 11.1 Å². The predicted octanol–water partition coefficient (Wildman–Crippen LogP) is 1.47. The van der Waals surface area contributed by atoms with Gasteiger partial charge in [0.05, 0.1) is 24.1 Å². The number of nitrogens with one attached hydrogen (secondary N) is 1. The van der Waals surface area contributed by atoms with E-state index in [2.05, 4.69) is 15.4 Å². The summed E-state index contributed by atoms with van der Waals surface area (Å²) in [4.78, 5) is 4.17. The fraction of sp³-hybridized carbons (Fsp3) is 0.455. The number of aryl methyl sites for hydroxylation is 3. The maximum atomic E-state index is 5.90. The lowest BCUT2D eigenvalue weighted by atomic mass is 10.4. The molecule has 6 nitrogen and oxygen atoms in total. The maximum Gasteiger partial charge on any atom is 0.213 e. The van der Waals surface area contributed by atoms with Gasteiger partial charge < -0.3 is 15.5 Å². The molecule has 0 unspecified atom stereocenters. The number of nitrogens with two attached hydrogens (primary N) is 1. The standard InChI is InChI=1S/C11H17N5O/c1-4-8-5-13-9(17-8)6-14-11-10(12)7(2)15-16(11)3/h5,14H,4,6,12H2,1-3H3. The van der Waals surface area contributed by atoms with E-state index in [0.717, 1.165) is 23.7 Å². The van der Waals surface area contributed by atoms with E-state index in [9.17, 15) is 0 Å². The molecule has 0 aliphatic carbocycles. The van der Waals surface area contributed by atoms with Crippen molar-refractivity contribution < 1.29 is 4.42 Å². The van der Waals surface area contributed by atoms with Crippen LogP contribution >= 0.6 is 0 Å². The van der Waals surface area contributed by atoms with Crippen molar-refractivity contribution in [3.05, 3.63) is 23.5 Å². The van der Waals surface area contributed by atoms with Crippen LogP contribution in [-0.4, -0.2) is 14.8 Å². The van der Waals surface area contributed by atoms with Gasteiger partial charge in [-0.1, -0.05) is 6.92 Å². The monoisotopic (exact) mass is 235 g/mol. The van der Waals surface area contributed by atoms with Crippen LogP contribution in [0.25, 0.3) is 0 Å². The summed E-state index contributed by atoms with van der Waals surface area (Å²) in [5, 5.41) is 7.40. The van der Waals surface area contributed by atoms with Crippen LogP contribution in [0.2, 0.25) is 0 Å². The SMILES string of the molecule is CCc1cnc(CNc2c(N)c(C)nn2C)o1. The third-order valence-electron chi connectivity index (χ3n) is 2.63. The zero-order chi connectivity index (χ0) is 12.4. The zero-order valence-electron chi connectivity index (χ0n) is 10.3. The molecule has 6 heteroatoms. The van der Waals surface area contributed by atoms with Crippen molar-refractivity contribution in [3.63, 3.8) is 0 Å². The molecule has 0 saturated heterocycles. The molecule has 0 saturated carbocycles. The molecule has 0 aromatic carbocycles. The Morgan fingerprint density at radius 3 is 2.82 bits per heavy atom. The van der Waals surface area contributed by atoms with Crippen molar-refractivity contribution in [1.82, 2.24) is 14.8 Å². The predicted molar refractivity (Wildman–Crippen MR) is 65.6 cm³/mol. The summed E-state index contributed by atoms with van der Waals surface area (Å²) in [7, 11) is 1.85. The van der Waals surface area contributed by atoms with Crippen LogP contribution in [0, 0.1) is 6.92 Å². The van der Waals surface area contributed by atoms with Crippen molar-refractivity contribution >= 4 is 11.5 Å². The molecule has 0 radical (unpaired) electrons. The first-order valence-electron chi connectivity index (χ1n) is 5.58. The lowest BCUT2D eigenvalue weighted by Gasteiger charge is -2.04. The Balaban J connectivity index is 2.07. The molecule has 92 valence electrons. The highest BCUT2D eigenvalue weighted by atomic mass is 16.4. The Bertz CT molecular complexity index is 514. The highest BCUT2D eigenvalue weighted by Crippen LogP contribution is 2.21. The van der Waals surface area contributed by atoms with E-state index in [4.69, 9.17) is 10.2 Å². The van der Waals surface area contributed by atoms with E-state index in [-0.39, 0.29) is 0 Å². The summed E-state index contributed by atoms with van der Waals surface area (Å²) in [6.07, 6.45) is 2.59. The molecule has 0 bridgehead atoms. The topological polar surface area (TPSA) is 81.9 Å². The van der Waals surface area contributed by atoms with Gasteiger partial charge in [0.25, 0.3) is 0 Å². The molecule has 0 spiro atoms. The van der Waals surface area contributed by atoms with Crippen LogP contribution in [0.15, 0.2) is 10.6 Å². The molecule has 2 aromatic rings. The van der Waals surface area contributed by atoms with E-state index in [1.54, 1.807) is 10.9 Å². The molecule has 0 aliphatic rings. The first kappa shape index (κ1) is 11.5. The van der Waals surface area contributed by atoms with Gasteiger partial charge in [0.2, 0.25) is 5.89 Å². The average Bonchev–Trinajstić information content (AvgIpc) is 2.84. The molecule has 0 atom stereocenters. The number of oxazole rings is 1. The largest absolute Gasteiger partial charge is 0.444 e. The van der Waals surface area contributed by atoms with E-state index in [0.29, 0.717) is 18.1 Å². The summed E-state index contributed by atoms with van der Waals surface area (Å²) in [5.41, 5.74) is 7.38. The van der Waals surface area contributed by atoms with Crippen molar-refractivity contribution in [2.24, 2.45) is 7.05 Å². The van der Waals surface area contributed by atoms with E-state index < -0.39 is 0 Å². The number of anilines is 2. The molecule has 0 amide bonds. The Labute approximate surface area is 99.8 Å². The van der Waals surface area contributed by atoms with E-state index in [1.165, 1.54) is 0 Å². The number of aromatic nitrogens is 3. The van der Waals surface area contributed by atoms with Crippen LogP contribution in [0.1, 0.15) is 24.3 Å². The van der Waals surface area contributed by atoms with Crippen molar-refractivity contribution in [2.45, 2.75) is 26.8 Å². The lowest BCUT2D eigenvalue weighted by Crippen LogP contribution is -2.06. The van der Waals surface area contributed by atoms with Gasteiger partial charge in [-0.3, -0.25) is 4.68 Å². The minimum absolute atomic E-state index is 0.503. The Morgan fingerprint density at radius 2 is 2.29 bits per heavy atom. The van der Waals surface area contributed by atoms with Gasteiger partial charge in [-0.25, -0.2) is 4.98 Å². The summed E-state index contributed by atoms with van der Waals surface area (Å²) in [6.45, 7) is 4.41. The first-order valence-corrected chi connectivity index (χ1v) is 5.58. The second-order valence-corrected chi connectivity index (χ2v) is 3.90. The Kier molecular flexibility index (Phi) is 3.03. The summed E-state index contributed by atoms with van der Waals surface area (Å²) < 4.78 is 7.21. The fourth-order valence-corrected chi connectivity index (χ4v) is 1.64. The second kappa shape index (κ2) is 4.48. The van der Waals surface area contributed by atoms with Gasteiger partial charge in [0.1, 0.15) is 11.6 Å². The van der Waals surface area contributed by atoms with E-state index >= 15 is 0 Å². The summed E-state index contributed by atoms with van der Waals surface area (Å²) in [5.74, 6) is 2.33. The van der Waals surface area contributed by atoms with Crippen molar-refractivity contribution in [3.8, 4) is 0 Å². The molecule has 2 heterocycles. The zero-order valence-corrected chi connectivity index (χ0v) is 10.3. The van der Waals surface area contributed by atoms with Crippen molar-refractivity contribution in [1.29, 1.82) is 0 Å². The minimum atomic E-state index is 0.503. The van der Waals surface area contributed by atoms with Gasteiger partial charge >= 0.3 is 0 Å². The van der Waals surface area contributed by atoms with E-state index in [1.807, 2.05) is 20.9 Å². The molecule has 17 heavy (non-hydrogen) atoms. The lowest BCUT2D eigenvalue weighted by molar-refractivity contribution is 0.465. The normalized spacial score (nSPS) is 10.8. The first-order chi connectivity index (χ1) is 8.11. The highest BCUT2D eigenvalue weighted by Gasteiger charge is 2.10. The minimum Gasteiger partial charge on any atom is -0.444 e. The van der Waals surface area contributed by atoms with Gasteiger partial charge in [-0.2, -0.15) is 5.10 Å². The molecule has 2 aromatic heterocycles. The van der Waals surface area contributed by atoms with Crippen LogP contribution in [0.4, 0.5) is 11.5 Å². The van der Waals surface area contributed by atoms with Gasteiger partial charge in [-0.05, 0) is 6.92 Å². The van der Waals surface area contributed by atoms with Crippen LogP contribution in [0.3, 0.4) is 0 Å². The number of nitrogen functional groups attached to an aromatic ring is 1. The Morgan fingerprint density at radius 1 is 1.53 bits per heavy atom. The Hall–Kier alpha value is -1.98. The molecule has 3 N–H and O–H groups in total. The quantitative estimate of drug-likeness (QED) is 0.838.